The first kappa shape index (κ1) is 15.3. The van der Waals surface area contributed by atoms with Gasteiger partial charge in [0.2, 0.25) is 11.8 Å². The van der Waals surface area contributed by atoms with Crippen molar-refractivity contribution >= 4 is 24.4 Å². The molecule has 0 aromatic heterocycles. The van der Waals surface area contributed by atoms with Crippen LogP contribution in [0.25, 0.3) is 0 Å². The summed E-state index contributed by atoms with van der Waals surface area (Å²) in [5, 5.41) is 5.48. The number of hydrogen-bond donors (Lipinski definition) is 3. The van der Waals surface area contributed by atoms with Crippen LogP contribution in [0.1, 0.15) is 20.3 Å². The molecule has 0 aromatic rings. The quantitative estimate of drug-likeness (QED) is 0.591. The Kier molecular flexibility index (Phi) is 6.49. The zero-order chi connectivity index (χ0) is 13.5. The van der Waals surface area contributed by atoms with Gasteiger partial charge in [-0.05, 0) is 25.4 Å². The van der Waals surface area contributed by atoms with Crippen LogP contribution >= 0.6 is 12.6 Å². The second-order valence-electron chi connectivity index (χ2n) is 4.73. The van der Waals surface area contributed by atoms with Crippen LogP contribution in [0, 0.1) is 5.92 Å². The number of hydrogen-bond acceptors (Lipinski definition) is 4. The Morgan fingerprint density at radius 2 is 2.22 bits per heavy atom. The molecule has 1 heterocycles. The highest BCUT2D eigenvalue weighted by Crippen LogP contribution is 2.14. The highest BCUT2D eigenvalue weighted by atomic mass is 32.1. The molecule has 1 rings (SSSR count). The number of nitrogens with one attached hydrogen (secondary N) is 2. The topological polar surface area (TPSA) is 61.4 Å². The Morgan fingerprint density at radius 1 is 1.50 bits per heavy atom. The van der Waals surface area contributed by atoms with Crippen LogP contribution in [0.3, 0.4) is 0 Å². The predicted molar refractivity (Wildman–Crippen MR) is 74.7 cm³/mol. The van der Waals surface area contributed by atoms with E-state index in [0.29, 0.717) is 18.2 Å². The van der Waals surface area contributed by atoms with Gasteiger partial charge in [0.1, 0.15) is 6.04 Å². The zero-order valence-electron chi connectivity index (χ0n) is 11.1. The van der Waals surface area contributed by atoms with Crippen LogP contribution in [0.4, 0.5) is 0 Å². The maximum absolute atomic E-state index is 11.8. The largest absolute Gasteiger partial charge is 0.354 e. The lowest BCUT2D eigenvalue weighted by molar-refractivity contribution is -0.127. The van der Waals surface area contributed by atoms with E-state index >= 15 is 0 Å². The number of amides is 2. The summed E-state index contributed by atoms with van der Waals surface area (Å²) in [7, 11) is 0. The van der Waals surface area contributed by atoms with Gasteiger partial charge in [0.15, 0.2) is 0 Å². The average Bonchev–Trinajstić information content (AvgIpc) is 2.80. The molecule has 2 N–H and O–H groups in total. The normalized spacial score (nSPS) is 21.6. The molecule has 5 nitrogen and oxygen atoms in total. The molecule has 0 aliphatic carbocycles. The van der Waals surface area contributed by atoms with Gasteiger partial charge in [0, 0.05) is 25.8 Å². The minimum absolute atomic E-state index is 0.143. The lowest BCUT2D eigenvalue weighted by Crippen LogP contribution is -2.48. The van der Waals surface area contributed by atoms with Gasteiger partial charge in [0.05, 0.1) is 0 Å². The van der Waals surface area contributed by atoms with Crippen LogP contribution in [0.2, 0.25) is 0 Å². The van der Waals surface area contributed by atoms with E-state index in [4.69, 9.17) is 0 Å². The van der Waals surface area contributed by atoms with E-state index in [0.717, 1.165) is 26.1 Å². The van der Waals surface area contributed by atoms with Gasteiger partial charge in [-0.1, -0.05) is 6.92 Å². The van der Waals surface area contributed by atoms with E-state index < -0.39 is 6.04 Å². The second kappa shape index (κ2) is 7.63. The predicted octanol–water partition coefficient (Wildman–Crippen LogP) is -0.121. The molecule has 1 aliphatic rings. The fourth-order valence-electron chi connectivity index (χ4n) is 2.17. The fraction of sp³-hybridized carbons (Fsp3) is 0.833. The molecule has 2 atom stereocenters. The summed E-state index contributed by atoms with van der Waals surface area (Å²) in [6.07, 6.45) is 1.12. The van der Waals surface area contributed by atoms with Crippen molar-refractivity contribution in [1.29, 1.82) is 0 Å². The van der Waals surface area contributed by atoms with Crippen molar-refractivity contribution in [2.45, 2.75) is 26.3 Å². The van der Waals surface area contributed by atoms with Gasteiger partial charge in [-0.25, -0.2) is 0 Å². The summed E-state index contributed by atoms with van der Waals surface area (Å²) in [5.41, 5.74) is 0. The molecule has 6 heteroatoms. The molecule has 1 fully saturated rings. The first-order chi connectivity index (χ1) is 8.56. The third-order valence-electron chi connectivity index (χ3n) is 3.26. The lowest BCUT2D eigenvalue weighted by atomic mass is 10.1. The van der Waals surface area contributed by atoms with E-state index in [1.807, 2.05) is 0 Å². The second-order valence-corrected chi connectivity index (χ2v) is 5.09. The molecule has 2 amide bonds. The first-order valence-corrected chi connectivity index (χ1v) is 7.08. The van der Waals surface area contributed by atoms with Crippen molar-refractivity contribution < 1.29 is 9.59 Å². The Labute approximate surface area is 114 Å². The number of carbonyl (C=O) groups excluding carboxylic acids is 2. The Bertz CT molecular complexity index is 299. The number of rotatable bonds is 6. The van der Waals surface area contributed by atoms with Crippen LogP contribution in [-0.4, -0.2) is 54.7 Å². The van der Waals surface area contributed by atoms with Crippen molar-refractivity contribution in [3.05, 3.63) is 0 Å². The van der Waals surface area contributed by atoms with Crippen molar-refractivity contribution in [2.75, 3.05) is 31.9 Å². The summed E-state index contributed by atoms with van der Waals surface area (Å²) < 4.78 is 0. The van der Waals surface area contributed by atoms with Gasteiger partial charge in [-0.2, -0.15) is 12.6 Å². The molecule has 0 spiro atoms. The SMILES string of the molecule is CCN1CCC(CNC(=O)C(CS)NC(C)=O)C1. The van der Waals surface area contributed by atoms with E-state index in [2.05, 4.69) is 35.1 Å². The summed E-state index contributed by atoms with van der Waals surface area (Å²) >= 11 is 4.08. The fourth-order valence-corrected chi connectivity index (χ4v) is 2.43. The highest BCUT2D eigenvalue weighted by Gasteiger charge is 2.23. The molecule has 0 saturated carbocycles. The number of nitrogens with zero attached hydrogens (tertiary/aromatic N) is 1. The van der Waals surface area contributed by atoms with Gasteiger partial charge in [-0.3, -0.25) is 9.59 Å². The molecule has 0 radical (unpaired) electrons. The highest BCUT2D eigenvalue weighted by molar-refractivity contribution is 7.80. The monoisotopic (exact) mass is 273 g/mol. The lowest BCUT2D eigenvalue weighted by Gasteiger charge is -2.17. The summed E-state index contributed by atoms with van der Waals surface area (Å²) in [6.45, 7) is 7.45. The third kappa shape index (κ3) is 4.86. The van der Waals surface area contributed by atoms with Crippen molar-refractivity contribution in [3.63, 3.8) is 0 Å². The van der Waals surface area contributed by atoms with Crippen molar-refractivity contribution in [3.8, 4) is 0 Å². The smallest absolute Gasteiger partial charge is 0.243 e. The number of carbonyl (C=O) groups is 2. The number of likely N-dealkylation sites (tertiary alicyclic amines) is 1. The van der Waals surface area contributed by atoms with Crippen molar-refractivity contribution in [1.82, 2.24) is 15.5 Å². The van der Waals surface area contributed by atoms with Crippen LogP contribution < -0.4 is 10.6 Å². The minimum Gasteiger partial charge on any atom is -0.354 e. The average molecular weight is 273 g/mol. The number of thiol groups is 1. The van der Waals surface area contributed by atoms with Crippen molar-refractivity contribution in [2.24, 2.45) is 5.92 Å². The van der Waals surface area contributed by atoms with Gasteiger partial charge in [-0.15, -0.1) is 0 Å². The maximum atomic E-state index is 11.8. The van der Waals surface area contributed by atoms with Crippen LogP contribution in [0.5, 0.6) is 0 Å². The maximum Gasteiger partial charge on any atom is 0.243 e. The van der Waals surface area contributed by atoms with Gasteiger partial charge < -0.3 is 15.5 Å². The zero-order valence-corrected chi connectivity index (χ0v) is 12.0. The van der Waals surface area contributed by atoms with E-state index in [9.17, 15) is 9.59 Å². The van der Waals surface area contributed by atoms with E-state index in [-0.39, 0.29) is 11.8 Å². The Morgan fingerprint density at radius 3 is 2.72 bits per heavy atom. The standard InChI is InChI=1S/C12H23N3O2S/c1-3-15-5-4-10(7-15)6-13-12(17)11(8-18)14-9(2)16/h10-11,18H,3-8H2,1-2H3,(H,13,17)(H,14,16). The molecule has 18 heavy (non-hydrogen) atoms. The van der Waals surface area contributed by atoms with E-state index in [1.54, 1.807) is 0 Å². The molecule has 104 valence electrons. The first-order valence-electron chi connectivity index (χ1n) is 6.44. The van der Waals surface area contributed by atoms with Crippen LogP contribution in [-0.2, 0) is 9.59 Å². The molecular formula is C12H23N3O2S. The Hall–Kier alpha value is -0.750. The minimum atomic E-state index is -0.533. The molecule has 0 bridgehead atoms. The van der Waals surface area contributed by atoms with Gasteiger partial charge >= 0.3 is 0 Å². The molecule has 0 aromatic carbocycles. The third-order valence-corrected chi connectivity index (χ3v) is 3.62. The summed E-state index contributed by atoms with van der Waals surface area (Å²) in [5.74, 6) is 0.487. The Balaban J connectivity index is 2.29. The summed E-state index contributed by atoms with van der Waals surface area (Å²) in [6, 6.07) is -0.533. The summed E-state index contributed by atoms with van der Waals surface area (Å²) in [4.78, 5) is 25.1. The molecule has 1 saturated heterocycles. The van der Waals surface area contributed by atoms with E-state index in [1.165, 1.54) is 6.92 Å². The molecule has 1 aliphatic heterocycles. The van der Waals surface area contributed by atoms with Gasteiger partial charge in [0.25, 0.3) is 0 Å². The molecule has 2 unspecified atom stereocenters. The molecular weight excluding hydrogens is 250 g/mol. The van der Waals surface area contributed by atoms with Crippen LogP contribution in [0.15, 0.2) is 0 Å².